The number of nitrogens with one attached hydrogen (secondary N) is 1. The third-order valence-corrected chi connectivity index (χ3v) is 3.25. The zero-order chi connectivity index (χ0) is 16.1. The maximum absolute atomic E-state index is 9.78. The van der Waals surface area contributed by atoms with Gasteiger partial charge in [-0.25, -0.2) is 5.84 Å². The fourth-order valence-corrected chi connectivity index (χ4v) is 2.04. The van der Waals surface area contributed by atoms with E-state index in [1.54, 1.807) is 24.3 Å². The number of rotatable bonds is 6. The second-order valence-electron chi connectivity index (χ2n) is 4.74. The minimum atomic E-state index is -0.0478. The van der Waals surface area contributed by atoms with Crippen molar-refractivity contribution in [3.05, 3.63) is 42.0 Å². The van der Waals surface area contributed by atoms with Crippen LogP contribution >= 0.6 is 0 Å². The lowest BCUT2D eigenvalue weighted by Gasteiger charge is -2.21. The Morgan fingerprint density at radius 1 is 1.00 bits per heavy atom. The summed E-state index contributed by atoms with van der Waals surface area (Å²) in [5.41, 5.74) is 7.91. The van der Waals surface area contributed by atoms with E-state index >= 15 is 0 Å². The lowest BCUT2D eigenvalue weighted by Crippen LogP contribution is -2.25. The summed E-state index contributed by atoms with van der Waals surface area (Å²) in [5, 5.41) is 32.6. The normalized spacial score (nSPS) is 10.5. The van der Waals surface area contributed by atoms with E-state index in [4.69, 9.17) is 16.7 Å². The van der Waals surface area contributed by atoms with Crippen LogP contribution in [0.2, 0.25) is 0 Å². The first-order chi connectivity index (χ1) is 10.6. The minimum absolute atomic E-state index is 0.0478. The van der Waals surface area contributed by atoms with Gasteiger partial charge < -0.3 is 26.4 Å². The van der Waals surface area contributed by atoms with Gasteiger partial charge in [-0.2, -0.15) is 0 Å². The van der Waals surface area contributed by atoms with E-state index in [0.29, 0.717) is 29.2 Å². The van der Waals surface area contributed by atoms with Crippen molar-refractivity contribution >= 4 is 17.1 Å². The Bertz CT molecular complexity index is 649. The van der Waals surface area contributed by atoms with Crippen LogP contribution in [-0.2, 0) is 6.54 Å². The monoisotopic (exact) mass is 304 g/mol. The largest absolute Gasteiger partial charge is 0.508 e. The Balaban J connectivity index is 2.30. The van der Waals surface area contributed by atoms with Crippen molar-refractivity contribution in [2.75, 3.05) is 23.5 Å². The molecule has 2 aromatic rings. The Morgan fingerprint density at radius 3 is 2.27 bits per heavy atom. The van der Waals surface area contributed by atoms with E-state index in [1.807, 2.05) is 0 Å². The molecule has 0 aliphatic rings. The van der Waals surface area contributed by atoms with E-state index in [0.717, 1.165) is 0 Å². The topological polar surface area (TPSA) is 128 Å². The Hall–Kier alpha value is -2.48. The number of aliphatic hydroxyl groups is 1. The Labute approximate surface area is 128 Å². The average molecular weight is 304 g/mol. The highest BCUT2D eigenvalue weighted by Gasteiger charge is 2.10. The summed E-state index contributed by atoms with van der Waals surface area (Å²) in [5.74, 6) is 6.28. The molecule has 8 N–H and O–H groups in total. The lowest BCUT2D eigenvalue weighted by atomic mass is 10.1. The molecule has 0 amide bonds. The van der Waals surface area contributed by atoms with Crippen LogP contribution in [0.5, 0.6) is 11.5 Å². The third kappa shape index (κ3) is 3.40. The molecule has 2 aromatic carbocycles. The van der Waals surface area contributed by atoms with Gasteiger partial charge in [0.25, 0.3) is 0 Å². The maximum Gasteiger partial charge on any atom is 0.138 e. The summed E-state index contributed by atoms with van der Waals surface area (Å²) >= 11 is 0. The highest BCUT2D eigenvalue weighted by atomic mass is 16.3. The first-order valence-corrected chi connectivity index (χ1v) is 6.81. The van der Waals surface area contributed by atoms with Crippen molar-refractivity contribution < 1.29 is 15.3 Å². The molecule has 0 aromatic heterocycles. The van der Waals surface area contributed by atoms with Gasteiger partial charge in [-0.05, 0) is 36.4 Å². The zero-order valence-corrected chi connectivity index (χ0v) is 12.0. The molecule has 118 valence electrons. The molecule has 0 spiro atoms. The van der Waals surface area contributed by atoms with Crippen molar-refractivity contribution in [2.45, 2.75) is 6.54 Å². The number of nitrogens with zero attached hydrogens (tertiary/aromatic N) is 1. The number of anilines is 3. The number of nitrogens with two attached hydrogens (primary N) is 2. The number of benzene rings is 2. The van der Waals surface area contributed by atoms with Crippen molar-refractivity contribution in [3.63, 3.8) is 0 Å². The number of phenolic OH excluding ortho intramolecular Hbond substituents is 2. The predicted octanol–water partition coefficient (Wildman–Crippen LogP) is 0.972. The molecule has 0 atom stereocenters. The van der Waals surface area contributed by atoms with E-state index in [1.165, 1.54) is 17.1 Å². The fraction of sp³-hybridized carbons (Fsp3) is 0.200. The second kappa shape index (κ2) is 6.99. The third-order valence-electron chi connectivity index (χ3n) is 3.25. The summed E-state index contributed by atoms with van der Waals surface area (Å²) in [6.07, 6.45) is 0. The van der Waals surface area contributed by atoms with Crippen LogP contribution in [0.15, 0.2) is 36.4 Å². The number of hydrogen-bond donors (Lipinski definition) is 6. The van der Waals surface area contributed by atoms with Crippen molar-refractivity contribution in [3.8, 4) is 11.5 Å². The van der Waals surface area contributed by atoms with E-state index in [2.05, 4.69) is 5.32 Å². The quantitative estimate of drug-likeness (QED) is 0.266. The standard InChI is InChI=1S/C15H20N4O3/c16-9-10-7-11(1-3-14(10)21)19(17)12-2-4-15(22)13(8-12)18-5-6-20/h1-4,7-8,18,20-22H,5-6,9,16-17H2. The molecule has 2 rings (SSSR count). The molecule has 0 aliphatic carbocycles. The van der Waals surface area contributed by atoms with Gasteiger partial charge in [0.2, 0.25) is 0 Å². The van der Waals surface area contributed by atoms with Gasteiger partial charge in [0.1, 0.15) is 11.5 Å². The molecule has 0 radical (unpaired) electrons. The average Bonchev–Trinajstić information content (AvgIpc) is 2.54. The van der Waals surface area contributed by atoms with Crippen molar-refractivity contribution in [2.24, 2.45) is 11.6 Å². The molecule has 0 aliphatic heterocycles. The summed E-state index contributed by atoms with van der Waals surface area (Å²) in [6.45, 7) is 0.471. The zero-order valence-electron chi connectivity index (χ0n) is 12.0. The maximum atomic E-state index is 9.78. The van der Waals surface area contributed by atoms with Crippen LogP contribution in [-0.4, -0.2) is 28.5 Å². The van der Waals surface area contributed by atoms with Crippen LogP contribution in [0.4, 0.5) is 17.1 Å². The summed E-state index contributed by atoms with van der Waals surface area (Å²) < 4.78 is 0. The van der Waals surface area contributed by atoms with E-state index in [-0.39, 0.29) is 24.7 Å². The Morgan fingerprint density at radius 2 is 1.64 bits per heavy atom. The number of aromatic hydroxyl groups is 2. The number of hydrazine groups is 1. The molecule has 0 heterocycles. The molecule has 0 unspecified atom stereocenters. The van der Waals surface area contributed by atoms with Crippen molar-refractivity contribution in [1.82, 2.24) is 0 Å². The summed E-state index contributed by atoms with van der Waals surface area (Å²) in [6, 6.07) is 9.74. The van der Waals surface area contributed by atoms with Gasteiger partial charge in [0, 0.05) is 18.7 Å². The molecule has 7 nitrogen and oxygen atoms in total. The summed E-state index contributed by atoms with van der Waals surface area (Å²) in [4.78, 5) is 0. The molecule has 22 heavy (non-hydrogen) atoms. The fourth-order valence-electron chi connectivity index (χ4n) is 2.04. The van der Waals surface area contributed by atoms with Crippen LogP contribution in [0, 0.1) is 0 Å². The highest BCUT2D eigenvalue weighted by molar-refractivity contribution is 5.70. The van der Waals surface area contributed by atoms with Crippen LogP contribution < -0.4 is 21.9 Å². The summed E-state index contributed by atoms with van der Waals surface area (Å²) in [7, 11) is 0. The van der Waals surface area contributed by atoms with Crippen LogP contribution in [0.25, 0.3) is 0 Å². The predicted molar refractivity (Wildman–Crippen MR) is 86.0 cm³/mol. The lowest BCUT2D eigenvalue weighted by molar-refractivity contribution is 0.311. The Kier molecular flexibility index (Phi) is 5.05. The van der Waals surface area contributed by atoms with Gasteiger partial charge in [0.05, 0.1) is 23.7 Å². The molecule has 0 fully saturated rings. The number of hydrogen-bond acceptors (Lipinski definition) is 7. The van der Waals surface area contributed by atoms with E-state index < -0.39 is 0 Å². The van der Waals surface area contributed by atoms with Crippen molar-refractivity contribution in [1.29, 1.82) is 0 Å². The first-order valence-electron chi connectivity index (χ1n) is 6.81. The first kappa shape index (κ1) is 15.9. The number of phenols is 2. The van der Waals surface area contributed by atoms with Gasteiger partial charge in [-0.3, -0.25) is 5.01 Å². The number of aliphatic hydroxyl groups excluding tert-OH is 1. The molecule has 0 bridgehead atoms. The molecule has 0 saturated carbocycles. The molecular weight excluding hydrogens is 284 g/mol. The van der Waals surface area contributed by atoms with Gasteiger partial charge in [-0.1, -0.05) is 0 Å². The van der Waals surface area contributed by atoms with Gasteiger partial charge in [0.15, 0.2) is 0 Å². The van der Waals surface area contributed by atoms with Gasteiger partial charge in [-0.15, -0.1) is 0 Å². The van der Waals surface area contributed by atoms with Crippen LogP contribution in [0.1, 0.15) is 5.56 Å². The highest BCUT2D eigenvalue weighted by Crippen LogP contribution is 2.32. The SMILES string of the molecule is NCc1cc(N(N)c2ccc(O)c(NCCO)c2)ccc1O. The van der Waals surface area contributed by atoms with Gasteiger partial charge >= 0.3 is 0 Å². The molecule has 0 saturated heterocycles. The van der Waals surface area contributed by atoms with E-state index in [9.17, 15) is 10.2 Å². The molecular formula is C15H20N4O3. The second-order valence-corrected chi connectivity index (χ2v) is 4.74. The minimum Gasteiger partial charge on any atom is -0.508 e. The smallest absolute Gasteiger partial charge is 0.138 e. The van der Waals surface area contributed by atoms with Crippen LogP contribution in [0.3, 0.4) is 0 Å². The molecule has 7 heteroatoms.